The summed E-state index contributed by atoms with van der Waals surface area (Å²) in [5.41, 5.74) is 1.76. The highest BCUT2D eigenvalue weighted by Gasteiger charge is 2.14. The van der Waals surface area contributed by atoms with E-state index in [9.17, 15) is 9.59 Å². The monoisotopic (exact) mass is 359 g/mol. The molecule has 0 fully saturated rings. The van der Waals surface area contributed by atoms with E-state index in [-0.39, 0.29) is 11.5 Å². The second-order valence-corrected chi connectivity index (χ2v) is 6.15. The predicted molar refractivity (Wildman–Crippen MR) is 108 cm³/mol. The lowest BCUT2D eigenvalue weighted by Crippen LogP contribution is -2.31. The predicted octanol–water partition coefficient (Wildman–Crippen LogP) is 3.51. The Bertz CT molecular complexity index is 1060. The molecule has 0 atom stereocenters. The molecule has 27 heavy (non-hydrogen) atoms. The summed E-state index contributed by atoms with van der Waals surface area (Å²) in [6.07, 6.45) is 3.36. The molecule has 0 spiro atoms. The van der Waals surface area contributed by atoms with Crippen molar-refractivity contribution in [1.29, 1.82) is 0 Å². The summed E-state index contributed by atoms with van der Waals surface area (Å²) in [5, 5.41) is 0.561. The largest absolute Gasteiger partial charge is 0.331 e. The van der Waals surface area contributed by atoms with Crippen LogP contribution in [0.4, 0.5) is 0 Å². The average Bonchev–Trinajstić information content (AvgIpc) is 2.68. The van der Waals surface area contributed by atoms with Crippen LogP contribution in [0, 0.1) is 6.92 Å². The Hall–Kier alpha value is -3.47. The molecule has 0 N–H and O–H groups in total. The first-order valence-corrected chi connectivity index (χ1v) is 8.66. The number of hydrogen-bond donors (Lipinski definition) is 0. The highest BCUT2D eigenvalue weighted by molar-refractivity contribution is 5.94. The normalized spacial score (nSPS) is 10.6. The summed E-state index contributed by atoms with van der Waals surface area (Å²) in [5.74, 6) is 0.486. The first-order chi connectivity index (χ1) is 13.1. The van der Waals surface area contributed by atoms with Crippen LogP contribution in [0.2, 0.25) is 0 Å². The van der Waals surface area contributed by atoms with Crippen molar-refractivity contribution in [2.45, 2.75) is 6.92 Å². The number of rotatable bonds is 6. The number of aryl methyl sites for hydroxylation is 1. The molecule has 136 valence electrons. The molecular formula is C22H21N3O2. The van der Waals surface area contributed by atoms with Gasteiger partial charge in [0, 0.05) is 18.7 Å². The Morgan fingerprint density at radius 2 is 1.70 bits per heavy atom. The van der Waals surface area contributed by atoms with Crippen LogP contribution in [0.5, 0.6) is 0 Å². The first kappa shape index (κ1) is 18.3. The zero-order chi connectivity index (χ0) is 19.4. The van der Waals surface area contributed by atoms with E-state index in [1.54, 1.807) is 58.9 Å². The van der Waals surface area contributed by atoms with Crippen molar-refractivity contribution in [1.82, 2.24) is 14.5 Å². The molecule has 0 aliphatic heterocycles. The number of carbonyl (C=O) groups is 1. The van der Waals surface area contributed by atoms with Gasteiger partial charge in [-0.2, -0.15) is 0 Å². The van der Waals surface area contributed by atoms with Crippen molar-refractivity contribution in [3.8, 4) is 5.69 Å². The van der Waals surface area contributed by atoms with E-state index in [1.165, 1.54) is 0 Å². The van der Waals surface area contributed by atoms with Crippen molar-refractivity contribution in [2.75, 3.05) is 13.1 Å². The highest BCUT2D eigenvalue weighted by Crippen LogP contribution is 2.14. The zero-order valence-corrected chi connectivity index (χ0v) is 15.3. The summed E-state index contributed by atoms with van der Waals surface area (Å²) in [6, 6.07) is 14.2. The van der Waals surface area contributed by atoms with Crippen molar-refractivity contribution in [3.63, 3.8) is 0 Å². The minimum atomic E-state index is -0.128. The van der Waals surface area contributed by atoms with E-state index in [4.69, 9.17) is 0 Å². The van der Waals surface area contributed by atoms with Gasteiger partial charge < -0.3 is 4.90 Å². The molecule has 1 aromatic heterocycles. The molecule has 2 aromatic carbocycles. The van der Waals surface area contributed by atoms with Gasteiger partial charge in [-0.3, -0.25) is 14.2 Å². The summed E-state index contributed by atoms with van der Waals surface area (Å²) in [7, 11) is 0. The maximum atomic E-state index is 12.9. The number of para-hydroxylation sites is 1. The zero-order valence-electron chi connectivity index (χ0n) is 15.3. The van der Waals surface area contributed by atoms with Crippen LogP contribution in [-0.4, -0.2) is 33.4 Å². The quantitative estimate of drug-likeness (QED) is 0.633. The third-order valence-electron chi connectivity index (χ3n) is 4.30. The van der Waals surface area contributed by atoms with E-state index < -0.39 is 0 Å². The number of fused-ring (bicyclic) bond motifs is 1. The minimum absolute atomic E-state index is 0.109. The summed E-state index contributed by atoms with van der Waals surface area (Å²) in [4.78, 5) is 31.7. The maximum Gasteiger partial charge on any atom is 0.265 e. The molecule has 0 unspecified atom stereocenters. The topological polar surface area (TPSA) is 55.2 Å². The number of aromatic nitrogens is 2. The summed E-state index contributed by atoms with van der Waals surface area (Å²) in [6.45, 7) is 10.1. The van der Waals surface area contributed by atoms with Gasteiger partial charge in [0.25, 0.3) is 11.5 Å². The number of carbonyl (C=O) groups excluding carboxylic acids is 1. The molecular weight excluding hydrogens is 338 g/mol. The van der Waals surface area contributed by atoms with Crippen LogP contribution in [0.25, 0.3) is 16.6 Å². The SMILES string of the molecule is C=CCN(CC=C)C(=O)c1ccc(-n2c(C)nc3ccccc3c2=O)cc1. The molecule has 0 radical (unpaired) electrons. The lowest BCUT2D eigenvalue weighted by Gasteiger charge is -2.19. The van der Waals surface area contributed by atoms with E-state index in [0.29, 0.717) is 41.1 Å². The van der Waals surface area contributed by atoms with Gasteiger partial charge in [-0.25, -0.2) is 4.98 Å². The Kier molecular flexibility index (Phi) is 5.31. The van der Waals surface area contributed by atoms with Crippen LogP contribution in [-0.2, 0) is 0 Å². The van der Waals surface area contributed by atoms with Crippen LogP contribution in [0.1, 0.15) is 16.2 Å². The lowest BCUT2D eigenvalue weighted by molar-refractivity contribution is 0.0791. The smallest absolute Gasteiger partial charge is 0.265 e. The van der Waals surface area contributed by atoms with Gasteiger partial charge >= 0.3 is 0 Å². The van der Waals surface area contributed by atoms with Crippen molar-refractivity contribution < 1.29 is 4.79 Å². The molecule has 1 amide bonds. The second kappa shape index (κ2) is 7.83. The van der Waals surface area contributed by atoms with E-state index in [0.717, 1.165) is 0 Å². The van der Waals surface area contributed by atoms with Crippen LogP contribution >= 0.6 is 0 Å². The van der Waals surface area contributed by atoms with Crippen LogP contribution < -0.4 is 5.56 Å². The Balaban J connectivity index is 2.00. The molecule has 0 bridgehead atoms. The van der Waals surface area contributed by atoms with Gasteiger partial charge in [-0.1, -0.05) is 24.3 Å². The Morgan fingerprint density at radius 3 is 2.33 bits per heavy atom. The number of amides is 1. The van der Waals surface area contributed by atoms with Crippen molar-refractivity contribution in [2.24, 2.45) is 0 Å². The summed E-state index contributed by atoms with van der Waals surface area (Å²) >= 11 is 0. The fourth-order valence-electron chi connectivity index (χ4n) is 3.04. The second-order valence-electron chi connectivity index (χ2n) is 6.15. The highest BCUT2D eigenvalue weighted by atomic mass is 16.2. The van der Waals surface area contributed by atoms with Gasteiger partial charge in [-0.15, -0.1) is 13.2 Å². The Labute approximate surface area is 157 Å². The number of benzene rings is 2. The lowest BCUT2D eigenvalue weighted by atomic mass is 10.1. The molecule has 5 nitrogen and oxygen atoms in total. The van der Waals surface area contributed by atoms with E-state index >= 15 is 0 Å². The third-order valence-corrected chi connectivity index (χ3v) is 4.30. The Morgan fingerprint density at radius 1 is 1.07 bits per heavy atom. The van der Waals surface area contributed by atoms with Gasteiger partial charge in [0.05, 0.1) is 16.6 Å². The number of nitrogens with zero attached hydrogens (tertiary/aromatic N) is 3. The van der Waals surface area contributed by atoms with Crippen LogP contribution in [0.3, 0.4) is 0 Å². The molecule has 0 saturated carbocycles. The maximum absolute atomic E-state index is 12.9. The van der Waals surface area contributed by atoms with E-state index in [2.05, 4.69) is 18.1 Å². The first-order valence-electron chi connectivity index (χ1n) is 8.66. The standard InChI is InChI=1S/C22H21N3O2/c1-4-14-24(15-5-2)21(26)17-10-12-18(13-11-17)25-16(3)23-20-9-7-6-8-19(20)22(25)27/h4-13H,1-2,14-15H2,3H3. The van der Waals surface area contributed by atoms with Crippen molar-refractivity contribution in [3.05, 3.63) is 95.6 Å². The average molecular weight is 359 g/mol. The molecule has 0 aliphatic carbocycles. The molecule has 5 heteroatoms. The number of hydrogen-bond acceptors (Lipinski definition) is 3. The van der Waals surface area contributed by atoms with Gasteiger partial charge in [0.15, 0.2) is 0 Å². The fraction of sp³-hybridized carbons (Fsp3) is 0.136. The van der Waals surface area contributed by atoms with Gasteiger partial charge in [0.2, 0.25) is 0 Å². The fourth-order valence-corrected chi connectivity index (χ4v) is 3.04. The third kappa shape index (κ3) is 3.58. The molecule has 0 saturated heterocycles. The van der Waals surface area contributed by atoms with Gasteiger partial charge in [0.1, 0.15) is 5.82 Å². The van der Waals surface area contributed by atoms with Crippen LogP contribution in [0.15, 0.2) is 78.6 Å². The summed E-state index contributed by atoms with van der Waals surface area (Å²) < 4.78 is 1.56. The molecule has 1 heterocycles. The van der Waals surface area contributed by atoms with Crippen molar-refractivity contribution >= 4 is 16.8 Å². The van der Waals surface area contributed by atoms with E-state index in [1.807, 2.05) is 18.2 Å². The van der Waals surface area contributed by atoms with Gasteiger partial charge in [-0.05, 0) is 43.3 Å². The molecule has 0 aliphatic rings. The molecule has 3 rings (SSSR count). The minimum Gasteiger partial charge on any atom is -0.331 e. The molecule has 3 aromatic rings.